The number of nitrogen functional groups attached to an aromatic ring is 1. The number of amides is 1. The summed E-state index contributed by atoms with van der Waals surface area (Å²) in [5, 5.41) is 9.80. The van der Waals surface area contributed by atoms with Gasteiger partial charge in [0.15, 0.2) is 5.82 Å². The Morgan fingerprint density at radius 2 is 1.87 bits per heavy atom. The van der Waals surface area contributed by atoms with Crippen molar-refractivity contribution in [2.24, 2.45) is 0 Å². The summed E-state index contributed by atoms with van der Waals surface area (Å²) in [6.07, 6.45) is 1.46. The topological polar surface area (TPSA) is 85.8 Å². The molecule has 0 saturated carbocycles. The predicted octanol–water partition coefficient (Wildman–Crippen LogP) is 4.47. The van der Waals surface area contributed by atoms with Gasteiger partial charge in [-0.05, 0) is 50.6 Å². The molecule has 0 saturated heterocycles. The number of para-hydroxylation sites is 1. The molecule has 31 heavy (non-hydrogen) atoms. The van der Waals surface area contributed by atoms with E-state index in [4.69, 9.17) is 10.8 Å². The van der Waals surface area contributed by atoms with Crippen LogP contribution in [0.4, 0.5) is 10.2 Å². The number of benzene rings is 2. The van der Waals surface area contributed by atoms with Crippen molar-refractivity contribution in [1.29, 1.82) is 0 Å². The van der Waals surface area contributed by atoms with Gasteiger partial charge in [0.05, 0.1) is 5.52 Å². The third kappa shape index (κ3) is 4.08. The van der Waals surface area contributed by atoms with Crippen molar-refractivity contribution >= 4 is 33.5 Å². The molecule has 7 heteroatoms. The first-order chi connectivity index (χ1) is 14.8. The van der Waals surface area contributed by atoms with E-state index in [0.29, 0.717) is 23.3 Å². The van der Waals surface area contributed by atoms with Gasteiger partial charge < -0.3 is 11.1 Å². The predicted molar refractivity (Wildman–Crippen MR) is 121 cm³/mol. The van der Waals surface area contributed by atoms with Crippen molar-refractivity contribution in [2.45, 2.75) is 45.7 Å². The van der Waals surface area contributed by atoms with Crippen LogP contribution in [-0.4, -0.2) is 26.2 Å². The minimum absolute atomic E-state index is 0.248. The highest BCUT2D eigenvalue weighted by Gasteiger charge is 2.27. The van der Waals surface area contributed by atoms with Gasteiger partial charge in [-0.2, -0.15) is 5.10 Å². The maximum absolute atomic E-state index is 13.2. The summed E-state index contributed by atoms with van der Waals surface area (Å²) in [5.41, 5.74) is 8.59. The molecule has 4 aromatic rings. The summed E-state index contributed by atoms with van der Waals surface area (Å²) in [4.78, 5) is 17.3. The second kappa shape index (κ2) is 7.98. The third-order valence-corrected chi connectivity index (χ3v) is 5.32. The van der Waals surface area contributed by atoms with Gasteiger partial charge in [0.1, 0.15) is 11.3 Å². The van der Waals surface area contributed by atoms with E-state index in [1.165, 1.54) is 24.3 Å². The van der Waals surface area contributed by atoms with Crippen molar-refractivity contribution in [3.8, 4) is 0 Å². The number of fused-ring (bicyclic) bond motifs is 3. The molecular formula is C24H26FN5O. The van der Waals surface area contributed by atoms with Crippen LogP contribution >= 0.6 is 0 Å². The van der Waals surface area contributed by atoms with Crippen molar-refractivity contribution in [1.82, 2.24) is 20.1 Å². The Balaban J connectivity index is 1.76. The van der Waals surface area contributed by atoms with Crippen molar-refractivity contribution in [3.63, 3.8) is 0 Å². The van der Waals surface area contributed by atoms with Crippen LogP contribution in [0.15, 0.2) is 48.5 Å². The largest absolute Gasteiger partial charge is 0.382 e. The molecule has 0 radical (unpaired) electrons. The van der Waals surface area contributed by atoms with Gasteiger partial charge in [0.25, 0.3) is 5.91 Å². The number of nitrogens with one attached hydrogen (secondary N) is 1. The van der Waals surface area contributed by atoms with Crippen LogP contribution in [-0.2, 0) is 13.0 Å². The molecule has 0 spiro atoms. The van der Waals surface area contributed by atoms with Crippen LogP contribution in [0.3, 0.4) is 0 Å². The number of anilines is 1. The summed E-state index contributed by atoms with van der Waals surface area (Å²) >= 11 is 0. The third-order valence-electron chi connectivity index (χ3n) is 5.32. The SMILES string of the molecule is CCCn1nc2c(N)nc3ccccc3c2c1CC(C)(C)NC(=O)c1ccc(F)cc1. The number of carbonyl (C=O) groups is 1. The quantitative estimate of drug-likeness (QED) is 0.483. The van der Waals surface area contributed by atoms with Gasteiger partial charge in [0, 0.05) is 40.5 Å². The van der Waals surface area contributed by atoms with Gasteiger partial charge in [-0.1, -0.05) is 25.1 Å². The van der Waals surface area contributed by atoms with Gasteiger partial charge in [-0.15, -0.1) is 0 Å². The highest BCUT2D eigenvalue weighted by Crippen LogP contribution is 2.32. The van der Waals surface area contributed by atoms with Crippen molar-refractivity contribution in [2.75, 3.05) is 5.73 Å². The Morgan fingerprint density at radius 3 is 2.58 bits per heavy atom. The number of aromatic nitrogens is 3. The number of aryl methyl sites for hydroxylation is 1. The molecule has 160 valence electrons. The number of carbonyl (C=O) groups excluding carboxylic acids is 1. The molecule has 6 nitrogen and oxygen atoms in total. The molecule has 0 unspecified atom stereocenters. The monoisotopic (exact) mass is 419 g/mol. The lowest BCUT2D eigenvalue weighted by Gasteiger charge is -2.27. The molecule has 2 aromatic heterocycles. The lowest BCUT2D eigenvalue weighted by atomic mass is 9.94. The molecule has 4 rings (SSSR count). The van der Waals surface area contributed by atoms with Crippen molar-refractivity contribution in [3.05, 3.63) is 65.6 Å². The van der Waals surface area contributed by atoms with E-state index in [1.807, 2.05) is 42.8 Å². The van der Waals surface area contributed by atoms with Crippen LogP contribution in [0.25, 0.3) is 21.8 Å². The summed E-state index contributed by atoms with van der Waals surface area (Å²) in [6.45, 7) is 6.77. The Kier molecular flexibility index (Phi) is 5.35. The maximum Gasteiger partial charge on any atom is 0.251 e. The highest BCUT2D eigenvalue weighted by atomic mass is 19.1. The molecule has 1 amide bonds. The van der Waals surface area contributed by atoms with Crippen LogP contribution in [0.5, 0.6) is 0 Å². The minimum atomic E-state index is -0.580. The van der Waals surface area contributed by atoms with Crippen LogP contribution in [0.2, 0.25) is 0 Å². The van der Waals surface area contributed by atoms with E-state index >= 15 is 0 Å². The number of hydrogen-bond donors (Lipinski definition) is 2. The van der Waals surface area contributed by atoms with Crippen LogP contribution in [0.1, 0.15) is 43.2 Å². The molecule has 0 bridgehead atoms. The van der Waals surface area contributed by atoms with Gasteiger partial charge in [0.2, 0.25) is 0 Å². The summed E-state index contributed by atoms with van der Waals surface area (Å²) in [5.74, 6) is -0.219. The van der Waals surface area contributed by atoms with Crippen molar-refractivity contribution < 1.29 is 9.18 Å². The lowest BCUT2D eigenvalue weighted by molar-refractivity contribution is 0.0912. The van der Waals surface area contributed by atoms with Crippen LogP contribution < -0.4 is 11.1 Å². The molecule has 3 N–H and O–H groups in total. The molecule has 0 atom stereocenters. The normalized spacial score (nSPS) is 11.9. The molecule has 0 aliphatic rings. The lowest BCUT2D eigenvalue weighted by Crippen LogP contribution is -2.45. The Hall–Kier alpha value is -3.48. The van der Waals surface area contributed by atoms with E-state index in [1.54, 1.807) is 0 Å². The van der Waals surface area contributed by atoms with E-state index in [-0.39, 0.29) is 11.7 Å². The van der Waals surface area contributed by atoms with E-state index in [9.17, 15) is 9.18 Å². The maximum atomic E-state index is 13.2. The average molecular weight is 420 g/mol. The van der Waals surface area contributed by atoms with Gasteiger partial charge in [-0.3, -0.25) is 9.48 Å². The van der Waals surface area contributed by atoms with E-state index in [0.717, 1.165) is 34.9 Å². The number of rotatable bonds is 6. The molecule has 0 aliphatic heterocycles. The smallest absolute Gasteiger partial charge is 0.251 e. The zero-order valence-corrected chi connectivity index (χ0v) is 17.9. The van der Waals surface area contributed by atoms with Gasteiger partial charge >= 0.3 is 0 Å². The van der Waals surface area contributed by atoms with Gasteiger partial charge in [-0.25, -0.2) is 9.37 Å². The Labute approximate surface area is 180 Å². The fourth-order valence-electron chi connectivity index (χ4n) is 3.94. The fourth-order valence-corrected chi connectivity index (χ4v) is 3.94. The zero-order chi connectivity index (χ0) is 22.2. The number of pyridine rings is 1. The number of halogens is 1. The summed E-state index contributed by atoms with van der Waals surface area (Å²) < 4.78 is 15.2. The highest BCUT2D eigenvalue weighted by molar-refractivity contribution is 6.09. The molecule has 0 fully saturated rings. The van der Waals surface area contributed by atoms with Crippen LogP contribution in [0, 0.1) is 5.82 Å². The molecule has 2 aromatic carbocycles. The van der Waals surface area contributed by atoms with E-state index < -0.39 is 5.54 Å². The zero-order valence-electron chi connectivity index (χ0n) is 17.9. The Bertz CT molecular complexity index is 1260. The van der Waals surface area contributed by atoms with E-state index in [2.05, 4.69) is 17.2 Å². The number of nitrogens with two attached hydrogens (primary N) is 1. The standard InChI is InChI=1S/C24H26FN5O/c1-4-13-30-19(14-24(2,3)28-23(31)15-9-11-16(25)12-10-15)20-17-7-5-6-8-18(17)27-22(26)21(20)29-30/h5-12H,4,13-14H2,1-3H3,(H2,26,27)(H,28,31). The number of nitrogens with zero attached hydrogens (tertiary/aromatic N) is 3. The second-order valence-corrected chi connectivity index (χ2v) is 8.43. The molecular weight excluding hydrogens is 393 g/mol. The average Bonchev–Trinajstić information content (AvgIpc) is 3.07. The first kappa shape index (κ1) is 20.8. The minimum Gasteiger partial charge on any atom is -0.382 e. The second-order valence-electron chi connectivity index (χ2n) is 8.43. The summed E-state index contributed by atoms with van der Waals surface area (Å²) in [6, 6.07) is 13.4. The number of hydrogen-bond acceptors (Lipinski definition) is 4. The first-order valence-corrected chi connectivity index (χ1v) is 10.4. The summed E-state index contributed by atoms with van der Waals surface area (Å²) in [7, 11) is 0. The Morgan fingerprint density at radius 1 is 1.16 bits per heavy atom. The molecule has 0 aliphatic carbocycles. The fraction of sp³-hybridized carbons (Fsp3) is 0.292. The molecule has 2 heterocycles. The first-order valence-electron chi connectivity index (χ1n) is 10.4.